The van der Waals surface area contributed by atoms with Gasteiger partial charge in [-0.3, -0.25) is 4.79 Å². The third-order valence-electron chi connectivity index (χ3n) is 5.25. The number of nitrogens with two attached hydrogens (primary N) is 1. The molecule has 6 nitrogen and oxygen atoms in total. The van der Waals surface area contributed by atoms with Crippen LogP contribution in [0.1, 0.15) is 24.8 Å². The average Bonchev–Trinajstić information content (AvgIpc) is 2.67. The Labute approximate surface area is 176 Å². The molecule has 1 aliphatic rings. The summed E-state index contributed by atoms with van der Waals surface area (Å²) >= 11 is 5.91. The van der Waals surface area contributed by atoms with Gasteiger partial charge >= 0.3 is 0 Å². The Morgan fingerprint density at radius 2 is 1.90 bits per heavy atom. The van der Waals surface area contributed by atoms with Gasteiger partial charge in [0, 0.05) is 29.9 Å². The van der Waals surface area contributed by atoms with Crippen LogP contribution in [0.3, 0.4) is 0 Å². The van der Waals surface area contributed by atoms with Crippen molar-refractivity contribution in [2.75, 3.05) is 19.7 Å². The largest absolute Gasteiger partial charge is 0.493 e. The minimum Gasteiger partial charge on any atom is -0.493 e. The first-order valence-corrected chi connectivity index (χ1v) is 11.3. The zero-order valence-corrected chi connectivity index (χ0v) is 17.9. The first-order valence-electron chi connectivity index (χ1n) is 9.44. The number of benzene rings is 2. The molecule has 1 heterocycles. The molecule has 1 saturated heterocycles. The fourth-order valence-electron chi connectivity index (χ4n) is 3.80. The normalized spacial score (nSPS) is 20.3. The molecule has 0 aliphatic carbocycles. The van der Waals surface area contributed by atoms with E-state index in [9.17, 15) is 13.2 Å². The van der Waals surface area contributed by atoms with E-state index in [-0.39, 0.29) is 24.5 Å². The highest BCUT2D eigenvalue weighted by molar-refractivity contribution is 7.89. The average molecular weight is 437 g/mol. The lowest BCUT2D eigenvalue weighted by Crippen LogP contribution is -2.50. The Morgan fingerprint density at radius 1 is 1.21 bits per heavy atom. The van der Waals surface area contributed by atoms with E-state index in [0.29, 0.717) is 35.7 Å². The fraction of sp³-hybridized carbons (Fsp3) is 0.381. The molecule has 0 saturated carbocycles. The Hall–Kier alpha value is -2.09. The van der Waals surface area contributed by atoms with Gasteiger partial charge in [0.1, 0.15) is 5.75 Å². The molecule has 1 fully saturated rings. The lowest BCUT2D eigenvalue weighted by molar-refractivity contribution is -0.121. The van der Waals surface area contributed by atoms with E-state index in [1.807, 2.05) is 6.07 Å². The van der Waals surface area contributed by atoms with E-state index < -0.39 is 21.3 Å². The number of hydrogen-bond donors (Lipinski definition) is 1. The SMILES string of the molecule is Cc1ccccc1S(=O)(=O)N1CCC[C@](COc2ccc(Cl)cc2)(CC(N)=O)C1. The van der Waals surface area contributed by atoms with E-state index in [4.69, 9.17) is 22.1 Å². The van der Waals surface area contributed by atoms with Crippen LogP contribution in [-0.4, -0.2) is 38.3 Å². The Kier molecular flexibility index (Phi) is 6.51. The molecule has 0 unspecified atom stereocenters. The van der Waals surface area contributed by atoms with Crippen molar-refractivity contribution in [1.82, 2.24) is 4.31 Å². The van der Waals surface area contributed by atoms with Gasteiger partial charge in [-0.25, -0.2) is 8.42 Å². The summed E-state index contributed by atoms with van der Waals surface area (Å²) in [6.45, 7) is 2.55. The van der Waals surface area contributed by atoms with E-state index in [1.165, 1.54) is 4.31 Å². The minimum absolute atomic E-state index is 0.0559. The van der Waals surface area contributed by atoms with Crippen LogP contribution in [0.2, 0.25) is 5.02 Å². The maximum atomic E-state index is 13.2. The molecule has 156 valence electrons. The summed E-state index contributed by atoms with van der Waals surface area (Å²) in [5.74, 6) is 0.136. The van der Waals surface area contributed by atoms with Gasteiger partial charge in [0.25, 0.3) is 0 Å². The summed E-state index contributed by atoms with van der Waals surface area (Å²) in [5, 5.41) is 0.595. The van der Waals surface area contributed by atoms with Gasteiger partial charge in [0.05, 0.1) is 11.5 Å². The van der Waals surface area contributed by atoms with Gasteiger partial charge < -0.3 is 10.5 Å². The number of halogens is 1. The number of primary amides is 1. The first-order chi connectivity index (χ1) is 13.7. The van der Waals surface area contributed by atoms with Crippen LogP contribution in [0, 0.1) is 12.3 Å². The molecule has 0 spiro atoms. The van der Waals surface area contributed by atoms with Crippen molar-refractivity contribution in [3.05, 3.63) is 59.1 Å². The number of rotatable bonds is 7. The number of sulfonamides is 1. The number of piperidine rings is 1. The number of aryl methyl sites for hydroxylation is 1. The van der Waals surface area contributed by atoms with Crippen molar-refractivity contribution < 1.29 is 17.9 Å². The van der Waals surface area contributed by atoms with E-state index >= 15 is 0 Å². The van der Waals surface area contributed by atoms with Crippen LogP contribution in [0.15, 0.2) is 53.4 Å². The lowest BCUT2D eigenvalue weighted by atomic mass is 9.78. The van der Waals surface area contributed by atoms with Crippen molar-refractivity contribution >= 4 is 27.5 Å². The maximum absolute atomic E-state index is 13.2. The molecular weight excluding hydrogens is 412 g/mol. The fourth-order valence-corrected chi connectivity index (χ4v) is 5.75. The second-order valence-electron chi connectivity index (χ2n) is 7.59. The van der Waals surface area contributed by atoms with Gasteiger partial charge in [-0.05, 0) is 55.7 Å². The van der Waals surface area contributed by atoms with Crippen molar-refractivity contribution in [1.29, 1.82) is 0 Å². The van der Waals surface area contributed by atoms with Crippen LogP contribution < -0.4 is 10.5 Å². The molecule has 0 bridgehead atoms. The van der Waals surface area contributed by atoms with Crippen molar-refractivity contribution in [2.24, 2.45) is 11.1 Å². The maximum Gasteiger partial charge on any atom is 0.243 e. The van der Waals surface area contributed by atoms with Gasteiger partial charge in [-0.1, -0.05) is 29.8 Å². The van der Waals surface area contributed by atoms with E-state index in [2.05, 4.69) is 0 Å². The first kappa shape index (κ1) is 21.6. The van der Waals surface area contributed by atoms with Crippen molar-refractivity contribution in [3.8, 4) is 5.75 Å². The van der Waals surface area contributed by atoms with Crippen molar-refractivity contribution in [2.45, 2.75) is 31.1 Å². The molecule has 8 heteroatoms. The van der Waals surface area contributed by atoms with Crippen LogP contribution in [0.5, 0.6) is 5.75 Å². The summed E-state index contributed by atoms with van der Waals surface area (Å²) in [5.41, 5.74) is 5.52. The summed E-state index contributed by atoms with van der Waals surface area (Å²) in [7, 11) is -3.68. The molecule has 0 aromatic heterocycles. The van der Waals surface area contributed by atoms with E-state index in [0.717, 1.165) is 0 Å². The third-order valence-corrected chi connectivity index (χ3v) is 7.50. The van der Waals surface area contributed by atoms with Gasteiger partial charge in [0.2, 0.25) is 15.9 Å². The predicted molar refractivity (Wildman–Crippen MR) is 112 cm³/mol. The number of carbonyl (C=O) groups excluding carboxylic acids is 1. The Balaban J connectivity index is 1.84. The van der Waals surface area contributed by atoms with Gasteiger partial charge in [0.15, 0.2) is 0 Å². The second kappa shape index (κ2) is 8.73. The Bertz CT molecular complexity index is 978. The Morgan fingerprint density at radius 3 is 2.55 bits per heavy atom. The molecule has 2 aromatic carbocycles. The smallest absolute Gasteiger partial charge is 0.243 e. The number of hydrogen-bond acceptors (Lipinski definition) is 4. The van der Waals surface area contributed by atoms with Crippen LogP contribution in [0.25, 0.3) is 0 Å². The molecule has 1 amide bonds. The molecule has 2 N–H and O–H groups in total. The zero-order chi connectivity index (χ0) is 21.1. The molecule has 29 heavy (non-hydrogen) atoms. The van der Waals surface area contributed by atoms with E-state index in [1.54, 1.807) is 49.4 Å². The number of amides is 1. The minimum atomic E-state index is -3.68. The van der Waals surface area contributed by atoms with Crippen LogP contribution >= 0.6 is 11.6 Å². The van der Waals surface area contributed by atoms with Crippen LogP contribution in [-0.2, 0) is 14.8 Å². The number of carbonyl (C=O) groups is 1. The number of nitrogens with zero attached hydrogens (tertiary/aromatic N) is 1. The highest BCUT2D eigenvalue weighted by Gasteiger charge is 2.42. The summed E-state index contributed by atoms with van der Waals surface area (Å²) in [4.78, 5) is 12.1. The van der Waals surface area contributed by atoms with Crippen LogP contribution in [0.4, 0.5) is 0 Å². The van der Waals surface area contributed by atoms with Gasteiger partial charge in [-0.2, -0.15) is 4.31 Å². The molecule has 3 rings (SSSR count). The highest BCUT2D eigenvalue weighted by Crippen LogP contribution is 2.37. The molecule has 1 aliphatic heterocycles. The number of ether oxygens (including phenoxy) is 1. The van der Waals surface area contributed by atoms with Crippen molar-refractivity contribution in [3.63, 3.8) is 0 Å². The molecule has 0 radical (unpaired) electrons. The quantitative estimate of drug-likeness (QED) is 0.720. The monoisotopic (exact) mass is 436 g/mol. The third kappa shape index (κ3) is 5.10. The molecule has 2 aromatic rings. The topological polar surface area (TPSA) is 89.7 Å². The lowest BCUT2D eigenvalue weighted by Gasteiger charge is -2.41. The standard InChI is InChI=1S/C21H25ClN2O4S/c1-16-5-2-3-6-19(16)29(26,27)24-12-4-11-21(14-24,13-20(23)25)15-28-18-9-7-17(22)8-10-18/h2-3,5-10H,4,11-15H2,1H3,(H2,23,25)/t21-/m0/s1. The van der Waals surface area contributed by atoms with Gasteiger partial charge in [-0.15, -0.1) is 0 Å². The molecular formula is C21H25ClN2O4S. The highest BCUT2D eigenvalue weighted by atomic mass is 35.5. The second-order valence-corrected chi connectivity index (χ2v) is 9.94. The predicted octanol–water partition coefficient (Wildman–Crippen LogP) is 3.37. The summed E-state index contributed by atoms with van der Waals surface area (Å²) in [6.07, 6.45) is 1.34. The summed E-state index contributed by atoms with van der Waals surface area (Å²) < 4.78 is 33.9. The summed E-state index contributed by atoms with van der Waals surface area (Å²) in [6, 6.07) is 13.8. The zero-order valence-electron chi connectivity index (χ0n) is 16.3. The molecule has 1 atom stereocenters.